The number of amides is 1. The first kappa shape index (κ1) is 22.3. The molecule has 3 N–H and O–H groups in total. The number of carboxylic acids is 2. The van der Waals surface area contributed by atoms with Gasteiger partial charge in [-0.2, -0.15) is 0 Å². The van der Waals surface area contributed by atoms with Crippen LogP contribution in [-0.2, 0) is 14.3 Å². The highest BCUT2D eigenvalue weighted by Gasteiger charge is 2.36. The molecule has 7 nitrogen and oxygen atoms in total. The number of fused-ring (bicyclic) bond motifs is 3. The zero-order valence-corrected chi connectivity index (χ0v) is 17.8. The molecule has 2 aromatic carbocycles. The largest absolute Gasteiger partial charge is 0.481 e. The molecule has 2 atom stereocenters. The van der Waals surface area contributed by atoms with E-state index in [0.29, 0.717) is 0 Å². The average Bonchev–Trinajstić information content (AvgIpc) is 3.02. The van der Waals surface area contributed by atoms with Crippen LogP contribution in [0, 0.1) is 11.3 Å². The number of alkyl carbamates (subject to hydrolysis) is 1. The van der Waals surface area contributed by atoms with E-state index in [-0.39, 0.29) is 18.9 Å². The lowest BCUT2D eigenvalue weighted by atomic mass is 9.77. The highest BCUT2D eigenvalue weighted by atomic mass is 16.5. The Balaban J connectivity index is 1.69. The van der Waals surface area contributed by atoms with E-state index in [4.69, 9.17) is 4.74 Å². The topological polar surface area (TPSA) is 113 Å². The molecule has 0 saturated heterocycles. The summed E-state index contributed by atoms with van der Waals surface area (Å²) >= 11 is 0. The number of ether oxygens (including phenoxy) is 1. The Hall–Kier alpha value is -3.35. The van der Waals surface area contributed by atoms with Gasteiger partial charge in [0.1, 0.15) is 12.6 Å². The van der Waals surface area contributed by atoms with Gasteiger partial charge in [0.05, 0.1) is 5.92 Å². The number of hydrogen-bond acceptors (Lipinski definition) is 4. The first-order valence-corrected chi connectivity index (χ1v) is 10.2. The monoisotopic (exact) mass is 425 g/mol. The zero-order chi connectivity index (χ0) is 22.8. The minimum Gasteiger partial charge on any atom is -0.481 e. The van der Waals surface area contributed by atoms with Gasteiger partial charge in [-0.15, -0.1) is 0 Å². The molecular weight excluding hydrogens is 398 g/mol. The van der Waals surface area contributed by atoms with Crippen molar-refractivity contribution in [2.75, 3.05) is 6.61 Å². The van der Waals surface area contributed by atoms with Crippen molar-refractivity contribution in [2.24, 2.45) is 11.3 Å². The van der Waals surface area contributed by atoms with Gasteiger partial charge in [-0.25, -0.2) is 9.59 Å². The number of rotatable bonds is 7. The Bertz CT molecular complexity index is 948. The molecule has 1 amide bonds. The van der Waals surface area contributed by atoms with Gasteiger partial charge in [-0.05, 0) is 34.1 Å². The van der Waals surface area contributed by atoms with Crippen LogP contribution in [0.25, 0.3) is 11.1 Å². The minimum absolute atomic E-state index is 0.0494. The summed E-state index contributed by atoms with van der Waals surface area (Å²) in [7, 11) is 0. The third kappa shape index (κ3) is 4.87. The molecule has 2 aromatic rings. The van der Waals surface area contributed by atoms with E-state index < -0.39 is 35.4 Å². The van der Waals surface area contributed by atoms with E-state index in [2.05, 4.69) is 5.32 Å². The van der Waals surface area contributed by atoms with Crippen molar-refractivity contribution in [1.29, 1.82) is 0 Å². The second-order valence-electron chi connectivity index (χ2n) is 8.85. The number of carbonyl (C=O) groups is 3. The first-order chi connectivity index (χ1) is 14.6. The summed E-state index contributed by atoms with van der Waals surface area (Å²) in [5.41, 5.74) is 3.60. The number of benzene rings is 2. The summed E-state index contributed by atoms with van der Waals surface area (Å²) in [6.45, 7) is 5.21. The summed E-state index contributed by atoms with van der Waals surface area (Å²) in [5, 5.41) is 21.3. The summed E-state index contributed by atoms with van der Waals surface area (Å²) in [4.78, 5) is 35.6. The van der Waals surface area contributed by atoms with Crippen molar-refractivity contribution >= 4 is 18.0 Å². The van der Waals surface area contributed by atoms with Gasteiger partial charge >= 0.3 is 18.0 Å². The van der Waals surface area contributed by atoms with Gasteiger partial charge < -0.3 is 20.3 Å². The van der Waals surface area contributed by atoms with Gasteiger partial charge in [0, 0.05) is 5.92 Å². The fourth-order valence-corrected chi connectivity index (χ4v) is 4.06. The summed E-state index contributed by atoms with van der Waals surface area (Å²) in [6.07, 6.45) is -1.12. The summed E-state index contributed by atoms with van der Waals surface area (Å²) in [6, 6.07) is 14.4. The van der Waals surface area contributed by atoms with Gasteiger partial charge in [0.25, 0.3) is 0 Å². The van der Waals surface area contributed by atoms with Crippen LogP contribution in [0.4, 0.5) is 4.79 Å². The smallest absolute Gasteiger partial charge is 0.407 e. The maximum Gasteiger partial charge on any atom is 0.407 e. The lowest BCUT2D eigenvalue weighted by molar-refractivity contribution is -0.147. The zero-order valence-electron chi connectivity index (χ0n) is 17.8. The standard InChI is InChI=1S/C24H27NO6/c1-24(2,3)19(21(26)27)12-20(22(28)29)25-23(30)31-13-18-16-10-6-4-8-14(16)15-9-5-7-11-17(15)18/h4-11,18-20H,12-13H2,1-3H3,(H,25,30)(H,26,27)(H,28,29)/t19-,20-/m0/s1. The normalized spacial score (nSPS) is 14.8. The van der Waals surface area contributed by atoms with Crippen LogP contribution in [0.2, 0.25) is 0 Å². The molecule has 0 aliphatic heterocycles. The molecule has 0 bridgehead atoms. The maximum atomic E-state index is 12.4. The molecule has 0 spiro atoms. The Kier molecular flexibility index (Phi) is 6.34. The van der Waals surface area contributed by atoms with Crippen LogP contribution in [-0.4, -0.2) is 40.9 Å². The van der Waals surface area contributed by atoms with Gasteiger partial charge in [-0.3, -0.25) is 4.79 Å². The van der Waals surface area contributed by atoms with Crippen molar-refractivity contribution in [3.8, 4) is 11.1 Å². The molecule has 3 rings (SSSR count). The molecule has 1 aliphatic carbocycles. The molecule has 164 valence electrons. The Morgan fingerprint density at radius 2 is 1.45 bits per heavy atom. The van der Waals surface area contributed by atoms with Crippen LogP contribution in [0.5, 0.6) is 0 Å². The molecule has 0 saturated carbocycles. The SMILES string of the molecule is CC(C)(C)[C@@H](C[C@H](NC(=O)OCC1c2ccccc2-c2ccccc21)C(=O)O)C(=O)O. The minimum atomic E-state index is -1.36. The van der Waals surface area contributed by atoms with Crippen LogP contribution in [0.3, 0.4) is 0 Å². The average molecular weight is 425 g/mol. The molecule has 0 radical (unpaired) electrons. The maximum absolute atomic E-state index is 12.4. The highest BCUT2D eigenvalue weighted by molar-refractivity contribution is 5.82. The summed E-state index contributed by atoms with van der Waals surface area (Å²) in [5.74, 6) is -3.50. The number of hydrogen-bond donors (Lipinski definition) is 3. The predicted octanol–water partition coefficient (Wildman–Crippen LogP) is 4.12. The number of carboxylic acid groups (broad SMARTS) is 2. The Morgan fingerprint density at radius 3 is 1.90 bits per heavy atom. The van der Waals surface area contributed by atoms with Crippen molar-refractivity contribution in [3.05, 3.63) is 59.7 Å². The lowest BCUT2D eigenvalue weighted by Gasteiger charge is -2.29. The van der Waals surface area contributed by atoms with Crippen LogP contribution in [0.1, 0.15) is 44.2 Å². The van der Waals surface area contributed by atoms with Crippen molar-refractivity contribution in [2.45, 2.75) is 39.2 Å². The molecule has 1 aliphatic rings. The predicted molar refractivity (Wildman–Crippen MR) is 115 cm³/mol. The fourth-order valence-electron chi connectivity index (χ4n) is 4.06. The van der Waals surface area contributed by atoms with E-state index in [1.54, 1.807) is 20.8 Å². The summed E-state index contributed by atoms with van der Waals surface area (Å²) < 4.78 is 5.39. The number of carbonyl (C=O) groups excluding carboxylic acids is 1. The molecule has 0 heterocycles. The molecule has 0 unspecified atom stereocenters. The second kappa shape index (κ2) is 8.79. The van der Waals surface area contributed by atoms with Gasteiger partial charge in [0.15, 0.2) is 0 Å². The Labute approximate surface area is 181 Å². The van der Waals surface area contributed by atoms with E-state index in [9.17, 15) is 24.6 Å². The fraction of sp³-hybridized carbons (Fsp3) is 0.375. The van der Waals surface area contributed by atoms with Crippen LogP contribution >= 0.6 is 0 Å². The van der Waals surface area contributed by atoms with E-state index in [1.807, 2.05) is 48.5 Å². The lowest BCUT2D eigenvalue weighted by Crippen LogP contribution is -2.45. The van der Waals surface area contributed by atoms with E-state index in [1.165, 1.54) is 0 Å². The molecule has 31 heavy (non-hydrogen) atoms. The third-order valence-corrected chi connectivity index (χ3v) is 5.75. The number of aliphatic carboxylic acids is 2. The molecule has 0 aromatic heterocycles. The van der Waals surface area contributed by atoms with Gasteiger partial charge in [-0.1, -0.05) is 69.3 Å². The number of nitrogens with one attached hydrogen (secondary N) is 1. The van der Waals surface area contributed by atoms with Crippen molar-refractivity contribution in [3.63, 3.8) is 0 Å². The molecule has 7 heteroatoms. The Morgan fingerprint density at radius 1 is 0.935 bits per heavy atom. The van der Waals surface area contributed by atoms with E-state index >= 15 is 0 Å². The van der Waals surface area contributed by atoms with Crippen molar-refractivity contribution in [1.82, 2.24) is 5.32 Å². The quantitative estimate of drug-likeness (QED) is 0.615. The third-order valence-electron chi connectivity index (χ3n) is 5.75. The first-order valence-electron chi connectivity index (χ1n) is 10.2. The van der Waals surface area contributed by atoms with Gasteiger partial charge in [0.2, 0.25) is 0 Å². The van der Waals surface area contributed by atoms with Crippen LogP contribution in [0.15, 0.2) is 48.5 Å². The second-order valence-corrected chi connectivity index (χ2v) is 8.85. The highest BCUT2D eigenvalue weighted by Crippen LogP contribution is 2.44. The molecular formula is C24H27NO6. The van der Waals surface area contributed by atoms with Crippen LogP contribution < -0.4 is 5.32 Å². The van der Waals surface area contributed by atoms with E-state index in [0.717, 1.165) is 22.3 Å². The molecule has 0 fully saturated rings. The van der Waals surface area contributed by atoms with Crippen molar-refractivity contribution < 1.29 is 29.3 Å².